The normalized spacial score (nSPS) is 12.8. The van der Waals surface area contributed by atoms with E-state index in [9.17, 15) is 21.9 Å². The lowest BCUT2D eigenvalue weighted by Crippen LogP contribution is -2.20. The van der Waals surface area contributed by atoms with Crippen LogP contribution in [0.25, 0.3) is 0 Å². The highest BCUT2D eigenvalue weighted by molar-refractivity contribution is 7.87. The molecule has 35 heavy (non-hydrogen) atoms. The monoisotopic (exact) mass is 520 g/mol. The standard InChI is InChI=1S/C25H28O8S2/c1-18-4-9-22(10-5-18)34(27,28)32-17-21(16-26)14-20-8-13-24(25(15-20)31-3)33-35(29,30)23-11-6-19(2)7-12-23/h4-13,15,21,26H,14,16-17H2,1-3H3/t21-/m0/s1. The lowest BCUT2D eigenvalue weighted by Gasteiger charge is -2.16. The molecule has 0 saturated carbocycles. The quantitative estimate of drug-likeness (QED) is 0.381. The van der Waals surface area contributed by atoms with Crippen LogP contribution in [0.4, 0.5) is 0 Å². The molecule has 0 unspecified atom stereocenters. The van der Waals surface area contributed by atoms with Crippen molar-refractivity contribution in [1.82, 2.24) is 0 Å². The zero-order valence-electron chi connectivity index (χ0n) is 19.7. The molecule has 0 bridgehead atoms. The van der Waals surface area contributed by atoms with Gasteiger partial charge in [0.05, 0.1) is 18.6 Å². The van der Waals surface area contributed by atoms with E-state index in [1.165, 1.54) is 37.4 Å². The molecule has 0 amide bonds. The first-order valence-corrected chi connectivity index (χ1v) is 13.6. The topological polar surface area (TPSA) is 116 Å². The Bertz CT molecular complexity index is 1350. The van der Waals surface area contributed by atoms with Gasteiger partial charge >= 0.3 is 10.1 Å². The van der Waals surface area contributed by atoms with E-state index in [0.717, 1.165) is 11.1 Å². The molecule has 1 N–H and O–H groups in total. The molecule has 188 valence electrons. The zero-order valence-corrected chi connectivity index (χ0v) is 21.3. The molecule has 0 aliphatic heterocycles. The SMILES string of the molecule is COc1cc(C[C@@H](CO)COS(=O)(=O)c2ccc(C)cc2)ccc1OS(=O)(=O)c1ccc(C)cc1. The molecule has 0 fully saturated rings. The summed E-state index contributed by atoms with van der Waals surface area (Å²) in [7, 11) is -6.65. The van der Waals surface area contributed by atoms with Gasteiger partial charge in [-0.2, -0.15) is 16.8 Å². The predicted octanol–water partition coefficient (Wildman–Crippen LogP) is 3.64. The molecule has 0 aliphatic rings. The predicted molar refractivity (Wildman–Crippen MR) is 131 cm³/mol. The summed E-state index contributed by atoms with van der Waals surface area (Å²) < 4.78 is 65.9. The van der Waals surface area contributed by atoms with Crippen LogP contribution in [0.5, 0.6) is 11.5 Å². The maximum atomic E-state index is 12.6. The van der Waals surface area contributed by atoms with Gasteiger partial charge in [0.15, 0.2) is 11.5 Å². The first kappa shape index (κ1) is 26.7. The number of ether oxygens (including phenoxy) is 1. The summed E-state index contributed by atoms with van der Waals surface area (Å²) in [4.78, 5) is 0.0549. The van der Waals surface area contributed by atoms with Gasteiger partial charge in [-0.05, 0) is 62.2 Å². The molecule has 3 aromatic rings. The van der Waals surface area contributed by atoms with Gasteiger partial charge in [-0.3, -0.25) is 4.18 Å². The largest absolute Gasteiger partial charge is 0.493 e. The number of aliphatic hydroxyl groups is 1. The van der Waals surface area contributed by atoms with Gasteiger partial charge < -0.3 is 14.0 Å². The van der Waals surface area contributed by atoms with Crippen molar-refractivity contribution in [3.63, 3.8) is 0 Å². The summed E-state index contributed by atoms with van der Waals surface area (Å²) in [5.74, 6) is -0.332. The molecule has 1 atom stereocenters. The Morgan fingerprint density at radius 3 is 1.83 bits per heavy atom. The summed E-state index contributed by atoms with van der Waals surface area (Å²) in [6.07, 6.45) is 0.265. The molecule has 3 rings (SSSR count). The highest BCUT2D eigenvalue weighted by Gasteiger charge is 2.21. The van der Waals surface area contributed by atoms with Crippen LogP contribution in [0, 0.1) is 19.8 Å². The number of rotatable bonds is 11. The molecule has 0 heterocycles. The molecule has 0 aromatic heterocycles. The van der Waals surface area contributed by atoms with Gasteiger partial charge in [-0.1, -0.05) is 41.5 Å². The van der Waals surface area contributed by atoms with Crippen molar-refractivity contribution in [2.45, 2.75) is 30.1 Å². The molecule has 10 heteroatoms. The Labute approximate surface area is 206 Å². The fourth-order valence-electron chi connectivity index (χ4n) is 3.25. The van der Waals surface area contributed by atoms with E-state index in [1.807, 2.05) is 13.8 Å². The number of hydrogen-bond acceptors (Lipinski definition) is 8. The van der Waals surface area contributed by atoms with Crippen molar-refractivity contribution in [2.24, 2.45) is 5.92 Å². The minimum Gasteiger partial charge on any atom is -0.493 e. The minimum absolute atomic E-state index is 0.00979. The lowest BCUT2D eigenvalue weighted by molar-refractivity contribution is 0.166. The van der Waals surface area contributed by atoms with Crippen molar-refractivity contribution in [3.05, 3.63) is 83.4 Å². The maximum Gasteiger partial charge on any atom is 0.339 e. The van der Waals surface area contributed by atoms with Crippen LogP contribution in [0.3, 0.4) is 0 Å². The second-order valence-corrected chi connectivity index (χ2v) is 11.3. The Hall–Kier alpha value is -2.92. The molecule has 0 radical (unpaired) electrons. The molecular weight excluding hydrogens is 492 g/mol. The van der Waals surface area contributed by atoms with Gasteiger partial charge in [-0.15, -0.1) is 0 Å². The number of methoxy groups -OCH3 is 1. The molecule has 0 aliphatic carbocycles. The third-order valence-electron chi connectivity index (χ3n) is 5.29. The van der Waals surface area contributed by atoms with E-state index in [1.54, 1.807) is 36.4 Å². The average molecular weight is 521 g/mol. The molecule has 0 spiro atoms. The van der Waals surface area contributed by atoms with E-state index in [0.29, 0.717) is 5.56 Å². The zero-order chi connectivity index (χ0) is 25.6. The Balaban J connectivity index is 1.70. The second kappa shape index (κ2) is 11.2. The van der Waals surface area contributed by atoms with Crippen molar-refractivity contribution in [1.29, 1.82) is 0 Å². The van der Waals surface area contributed by atoms with Gasteiger partial charge in [0.25, 0.3) is 10.1 Å². The molecular formula is C25H28O8S2. The molecule has 0 saturated heterocycles. The second-order valence-electron chi connectivity index (χ2n) is 8.14. The average Bonchev–Trinajstić information content (AvgIpc) is 2.83. The fraction of sp³-hybridized carbons (Fsp3) is 0.280. The summed E-state index contributed by atoms with van der Waals surface area (Å²) in [5.41, 5.74) is 2.52. The third kappa shape index (κ3) is 7.04. The number of benzene rings is 3. The highest BCUT2D eigenvalue weighted by Crippen LogP contribution is 2.31. The summed E-state index contributed by atoms with van der Waals surface area (Å²) in [5, 5.41) is 9.76. The van der Waals surface area contributed by atoms with Gasteiger partial charge in [0, 0.05) is 12.5 Å². The van der Waals surface area contributed by atoms with Crippen molar-refractivity contribution in [3.8, 4) is 11.5 Å². The number of aliphatic hydroxyl groups excluding tert-OH is 1. The van der Waals surface area contributed by atoms with E-state index < -0.39 is 26.2 Å². The molecule has 3 aromatic carbocycles. The van der Waals surface area contributed by atoms with Crippen LogP contribution in [0.1, 0.15) is 16.7 Å². The van der Waals surface area contributed by atoms with Crippen molar-refractivity contribution < 1.29 is 35.0 Å². The van der Waals surface area contributed by atoms with Gasteiger partial charge in [0.1, 0.15) is 4.90 Å². The van der Waals surface area contributed by atoms with Crippen LogP contribution < -0.4 is 8.92 Å². The summed E-state index contributed by atoms with van der Waals surface area (Å²) in [6, 6.07) is 17.2. The minimum atomic E-state index is -4.06. The van der Waals surface area contributed by atoms with E-state index in [4.69, 9.17) is 13.1 Å². The summed E-state index contributed by atoms with van der Waals surface area (Å²) >= 11 is 0. The third-order valence-corrected chi connectivity index (χ3v) is 7.83. The smallest absolute Gasteiger partial charge is 0.339 e. The Kier molecular flexibility index (Phi) is 8.55. The Morgan fingerprint density at radius 2 is 1.31 bits per heavy atom. The van der Waals surface area contributed by atoms with Crippen LogP contribution in [-0.2, 0) is 30.8 Å². The Morgan fingerprint density at radius 1 is 0.771 bits per heavy atom. The first-order valence-electron chi connectivity index (χ1n) is 10.8. The maximum absolute atomic E-state index is 12.6. The summed E-state index contributed by atoms with van der Waals surface area (Å²) in [6.45, 7) is 3.16. The van der Waals surface area contributed by atoms with Crippen molar-refractivity contribution in [2.75, 3.05) is 20.3 Å². The van der Waals surface area contributed by atoms with Crippen LogP contribution in [0.15, 0.2) is 76.5 Å². The van der Waals surface area contributed by atoms with E-state index in [-0.39, 0.29) is 40.9 Å². The number of aryl methyl sites for hydroxylation is 2. The van der Waals surface area contributed by atoms with Crippen LogP contribution in [-0.4, -0.2) is 42.3 Å². The van der Waals surface area contributed by atoms with E-state index >= 15 is 0 Å². The highest BCUT2D eigenvalue weighted by atomic mass is 32.2. The lowest BCUT2D eigenvalue weighted by atomic mass is 10.0. The molecule has 8 nitrogen and oxygen atoms in total. The van der Waals surface area contributed by atoms with E-state index in [2.05, 4.69) is 0 Å². The van der Waals surface area contributed by atoms with Gasteiger partial charge in [0.2, 0.25) is 0 Å². The first-order chi connectivity index (χ1) is 16.5. The number of hydrogen-bond donors (Lipinski definition) is 1. The van der Waals surface area contributed by atoms with Crippen LogP contribution >= 0.6 is 0 Å². The van der Waals surface area contributed by atoms with Gasteiger partial charge in [-0.25, -0.2) is 0 Å². The van der Waals surface area contributed by atoms with Crippen molar-refractivity contribution >= 4 is 20.2 Å². The fourth-order valence-corrected chi connectivity index (χ4v) is 5.16. The van der Waals surface area contributed by atoms with Crippen LogP contribution in [0.2, 0.25) is 0 Å².